The van der Waals surface area contributed by atoms with Crippen LogP contribution in [0.15, 0.2) is 35.5 Å². The van der Waals surface area contributed by atoms with Gasteiger partial charge in [-0.25, -0.2) is 18.2 Å². The number of aromatic nitrogens is 2. The second kappa shape index (κ2) is 5.14. The molecule has 0 saturated heterocycles. The van der Waals surface area contributed by atoms with E-state index in [9.17, 15) is 13.2 Å². The maximum absolute atomic E-state index is 12.1. The lowest BCUT2D eigenvalue weighted by Crippen LogP contribution is -2.13. The van der Waals surface area contributed by atoms with E-state index < -0.39 is 16.0 Å². The van der Waals surface area contributed by atoms with Crippen LogP contribution in [0.2, 0.25) is 5.02 Å². The molecule has 2 aromatic heterocycles. The van der Waals surface area contributed by atoms with Gasteiger partial charge in [0, 0.05) is 19.4 Å². The lowest BCUT2D eigenvalue weighted by atomic mass is 10.4. The Balaban J connectivity index is 2.39. The first kappa shape index (κ1) is 14.4. The van der Waals surface area contributed by atoms with Crippen LogP contribution in [0.5, 0.6) is 0 Å². The molecule has 2 aromatic rings. The van der Waals surface area contributed by atoms with Gasteiger partial charge < -0.3 is 9.67 Å². The van der Waals surface area contributed by atoms with Gasteiger partial charge >= 0.3 is 5.97 Å². The van der Waals surface area contributed by atoms with E-state index in [2.05, 4.69) is 9.71 Å². The molecule has 2 N–H and O–H groups in total. The highest BCUT2D eigenvalue weighted by molar-refractivity contribution is 7.92. The number of hydrogen-bond acceptors (Lipinski definition) is 4. The summed E-state index contributed by atoms with van der Waals surface area (Å²) in [6.45, 7) is 0. The van der Waals surface area contributed by atoms with Gasteiger partial charge in [0.05, 0.1) is 5.02 Å². The molecule has 0 unspecified atom stereocenters. The van der Waals surface area contributed by atoms with Crippen LogP contribution < -0.4 is 4.72 Å². The minimum atomic E-state index is -3.95. The van der Waals surface area contributed by atoms with E-state index >= 15 is 0 Å². The third-order valence-electron chi connectivity index (χ3n) is 2.50. The zero-order valence-corrected chi connectivity index (χ0v) is 11.8. The molecule has 0 aliphatic carbocycles. The average molecular weight is 316 g/mol. The van der Waals surface area contributed by atoms with E-state index in [1.807, 2.05) is 0 Å². The molecule has 106 valence electrons. The summed E-state index contributed by atoms with van der Waals surface area (Å²) in [7, 11) is -2.51. The number of hydrogen-bond donors (Lipinski definition) is 2. The van der Waals surface area contributed by atoms with Crippen molar-refractivity contribution >= 4 is 33.4 Å². The topological polar surface area (TPSA) is 101 Å². The fourth-order valence-electron chi connectivity index (χ4n) is 1.54. The predicted octanol–water partition coefficient (Wildman–Crippen LogP) is 1.57. The molecule has 0 aliphatic rings. The molecule has 0 aliphatic heterocycles. The summed E-state index contributed by atoms with van der Waals surface area (Å²) in [5.74, 6) is -1.24. The Morgan fingerprint density at radius 2 is 2.20 bits per heavy atom. The molecule has 0 saturated carbocycles. The maximum Gasteiger partial charge on any atom is 0.352 e. The largest absolute Gasteiger partial charge is 0.477 e. The SMILES string of the molecule is Cn1cc(S(=O)(=O)Nc2ncccc2Cl)cc1C(=O)O. The minimum Gasteiger partial charge on any atom is -0.477 e. The Hall–Kier alpha value is -2.06. The van der Waals surface area contributed by atoms with Crippen LogP contribution in [0.1, 0.15) is 10.5 Å². The van der Waals surface area contributed by atoms with E-state index in [0.717, 1.165) is 6.07 Å². The average Bonchev–Trinajstić information content (AvgIpc) is 2.75. The highest BCUT2D eigenvalue weighted by Crippen LogP contribution is 2.22. The first-order valence-corrected chi connectivity index (χ1v) is 7.20. The Bertz CT molecular complexity index is 770. The Labute approximate surface area is 119 Å². The van der Waals surface area contributed by atoms with Crippen LogP contribution in [0.25, 0.3) is 0 Å². The summed E-state index contributed by atoms with van der Waals surface area (Å²) in [5, 5.41) is 9.05. The number of carboxylic acids is 1. The van der Waals surface area contributed by atoms with Crippen molar-refractivity contribution in [1.82, 2.24) is 9.55 Å². The number of nitrogens with one attached hydrogen (secondary N) is 1. The fraction of sp³-hybridized carbons (Fsp3) is 0.0909. The molecule has 0 amide bonds. The van der Waals surface area contributed by atoms with E-state index in [0.29, 0.717) is 0 Å². The Morgan fingerprint density at radius 1 is 1.50 bits per heavy atom. The zero-order chi connectivity index (χ0) is 14.9. The molecule has 0 radical (unpaired) electrons. The van der Waals surface area contributed by atoms with E-state index in [-0.39, 0.29) is 21.4 Å². The molecule has 2 heterocycles. The van der Waals surface area contributed by atoms with Crippen LogP contribution in [-0.4, -0.2) is 29.0 Å². The Morgan fingerprint density at radius 3 is 2.75 bits per heavy atom. The van der Waals surface area contributed by atoms with Crippen molar-refractivity contribution in [2.45, 2.75) is 4.90 Å². The van der Waals surface area contributed by atoms with Crippen molar-refractivity contribution in [2.24, 2.45) is 7.05 Å². The minimum absolute atomic E-state index is 0.0186. The molecule has 0 aromatic carbocycles. The third kappa shape index (κ3) is 2.75. The monoisotopic (exact) mass is 315 g/mol. The number of pyridine rings is 1. The number of rotatable bonds is 4. The highest BCUT2D eigenvalue weighted by Gasteiger charge is 2.21. The Kier molecular flexibility index (Phi) is 3.69. The summed E-state index contributed by atoms with van der Waals surface area (Å²) in [6.07, 6.45) is 2.58. The molecule has 9 heteroatoms. The molecular weight excluding hydrogens is 306 g/mol. The summed E-state index contributed by atoms with van der Waals surface area (Å²) >= 11 is 5.82. The first-order valence-electron chi connectivity index (χ1n) is 5.34. The zero-order valence-electron chi connectivity index (χ0n) is 10.2. The number of carboxylic acid groups (broad SMARTS) is 1. The summed E-state index contributed by atoms with van der Waals surface area (Å²) in [4.78, 5) is 14.5. The van der Waals surface area contributed by atoms with Gasteiger partial charge in [-0.2, -0.15) is 0 Å². The van der Waals surface area contributed by atoms with Crippen LogP contribution in [0, 0.1) is 0 Å². The standard InChI is InChI=1S/C11H10ClN3O4S/c1-15-6-7(5-9(15)11(16)17)20(18,19)14-10-8(12)3-2-4-13-10/h2-6H,1H3,(H,13,14)(H,16,17). The lowest BCUT2D eigenvalue weighted by Gasteiger charge is -2.06. The van der Waals surface area contributed by atoms with Crippen LogP contribution in [0.3, 0.4) is 0 Å². The van der Waals surface area contributed by atoms with Gasteiger partial charge in [0.25, 0.3) is 10.0 Å². The number of nitrogens with zero attached hydrogens (tertiary/aromatic N) is 2. The van der Waals surface area contributed by atoms with Crippen molar-refractivity contribution in [3.05, 3.63) is 41.3 Å². The van der Waals surface area contributed by atoms with Crippen LogP contribution >= 0.6 is 11.6 Å². The smallest absolute Gasteiger partial charge is 0.352 e. The lowest BCUT2D eigenvalue weighted by molar-refractivity contribution is 0.0686. The number of aryl methyl sites for hydroxylation is 1. The van der Waals surface area contributed by atoms with E-state index in [4.69, 9.17) is 16.7 Å². The van der Waals surface area contributed by atoms with Crippen molar-refractivity contribution in [3.63, 3.8) is 0 Å². The molecule has 0 fully saturated rings. The number of anilines is 1. The van der Waals surface area contributed by atoms with Crippen LogP contribution in [-0.2, 0) is 17.1 Å². The summed E-state index contributed by atoms with van der Waals surface area (Å²) < 4.78 is 27.7. The van der Waals surface area contributed by atoms with Crippen molar-refractivity contribution < 1.29 is 18.3 Å². The van der Waals surface area contributed by atoms with Crippen LogP contribution in [0.4, 0.5) is 5.82 Å². The van der Waals surface area contributed by atoms with Gasteiger partial charge in [-0.3, -0.25) is 4.72 Å². The molecule has 0 spiro atoms. The van der Waals surface area contributed by atoms with Gasteiger partial charge in [-0.05, 0) is 18.2 Å². The molecular formula is C11H10ClN3O4S. The van der Waals surface area contributed by atoms with Crippen molar-refractivity contribution in [1.29, 1.82) is 0 Å². The number of sulfonamides is 1. The first-order chi connectivity index (χ1) is 9.31. The maximum atomic E-state index is 12.1. The number of aromatic carboxylic acids is 1. The molecule has 0 atom stereocenters. The van der Waals surface area contributed by atoms with Gasteiger partial charge in [0.15, 0.2) is 5.82 Å². The fourth-order valence-corrected chi connectivity index (χ4v) is 2.86. The van der Waals surface area contributed by atoms with Gasteiger partial charge in [-0.1, -0.05) is 11.6 Å². The molecule has 2 rings (SSSR count). The second-order valence-electron chi connectivity index (χ2n) is 3.92. The van der Waals surface area contributed by atoms with Gasteiger partial charge in [-0.15, -0.1) is 0 Å². The highest BCUT2D eigenvalue weighted by atomic mass is 35.5. The second-order valence-corrected chi connectivity index (χ2v) is 6.01. The number of halogens is 1. The summed E-state index contributed by atoms with van der Waals surface area (Å²) in [6, 6.07) is 4.10. The quantitative estimate of drug-likeness (QED) is 0.891. The third-order valence-corrected chi connectivity index (χ3v) is 4.11. The normalized spacial score (nSPS) is 11.3. The van der Waals surface area contributed by atoms with Gasteiger partial charge in [0.2, 0.25) is 0 Å². The number of carbonyl (C=O) groups is 1. The van der Waals surface area contributed by atoms with E-state index in [1.54, 1.807) is 6.07 Å². The van der Waals surface area contributed by atoms with Crippen molar-refractivity contribution in [2.75, 3.05) is 4.72 Å². The van der Waals surface area contributed by atoms with E-state index in [1.165, 1.54) is 30.1 Å². The molecule has 7 nitrogen and oxygen atoms in total. The van der Waals surface area contributed by atoms with Crippen molar-refractivity contribution in [3.8, 4) is 0 Å². The molecule has 20 heavy (non-hydrogen) atoms. The van der Waals surface area contributed by atoms with Gasteiger partial charge in [0.1, 0.15) is 10.6 Å². The predicted molar refractivity (Wildman–Crippen MR) is 72.4 cm³/mol. The molecule has 0 bridgehead atoms. The summed E-state index contributed by atoms with van der Waals surface area (Å²) in [5.41, 5.74) is -0.141.